The van der Waals surface area contributed by atoms with E-state index in [1.807, 2.05) is 30.3 Å². The molecule has 1 aromatic carbocycles. The Balaban J connectivity index is 1.97. The zero-order valence-electron chi connectivity index (χ0n) is 18.4. The van der Waals surface area contributed by atoms with E-state index in [4.69, 9.17) is 17.0 Å². The van der Waals surface area contributed by atoms with Crippen LogP contribution in [0.1, 0.15) is 91.9 Å². The summed E-state index contributed by atoms with van der Waals surface area (Å²) in [6.07, 6.45) is 15.2. The van der Waals surface area contributed by atoms with Gasteiger partial charge in [0.1, 0.15) is 5.75 Å². The molecule has 3 heteroatoms. The lowest BCUT2D eigenvalue weighted by Gasteiger charge is -2.47. The summed E-state index contributed by atoms with van der Waals surface area (Å²) in [6.45, 7) is 9.49. The van der Waals surface area contributed by atoms with Crippen LogP contribution >= 0.6 is 12.2 Å². The van der Waals surface area contributed by atoms with Crippen LogP contribution < -0.4 is 10.1 Å². The normalized spacial score (nSPS) is 22.4. The maximum atomic E-state index is 5.90. The van der Waals surface area contributed by atoms with Crippen molar-refractivity contribution in [1.29, 1.82) is 0 Å². The second-order valence-electron chi connectivity index (χ2n) is 9.65. The lowest BCUT2D eigenvalue weighted by Crippen LogP contribution is -2.50. The summed E-state index contributed by atoms with van der Waals surface area (Å²) in [6, 6.07) is 10.2. The predicted octanol–water partition coefficient (Wildman–Crippen LogP) is 7.48. The van der Waals surface area contributed by atoms with Crippen molar-refractivity contribution in [3.8, 4) is 5.75 Å². The summed E-state index contributed by atoms with van der Waals surface area (Å²) in [4.78, 5) is 0. The Kier molecular flexibility index (Phi) is 9.27. The molecule has 1 fully saturated rings. The fourth-order valence-electron chi connectivity index (χ4n) is 4.79. The molecule has 0 aromatic heterocycles. The number of ether oxygens (including phenoxy) is 1. The van der Waals surface area contributed by atoms with Gasteiger partial charge in [-0.3, -0.25) is 0 Å². The molecule has 0 bridgehead atoms. The van der Waals surface area contributed by atoms with Crippen LogP contribution in [0.5, 0.6) is 5.75 Å². The second kappa shape index (κ2) is 11.2. The molecule has 1 aliphatic carbocycles. The fourth-order valence-corrected chi connectivity index (χ4v) is 5.03. The van der Waals surface area contributed by atoms with Crippen molar-refractivity contribution in [1.82, 2.24) is 5.32 Å². The molecule has 28 heavy (non-hydrogen) atoms. The SMILES string of the molecule is CCCCCCCCC(NC(=S)Oc1ccccc1)C1(C)C[CH]CC(C)(C)C1. The zero-order valence-corrected chi connectivity index (χ0v) is 19.2. The summed E-state index contributed by atoms with van der Waals surface area (Å²) in [5, 5.41) is 4.11. The third kappa shape index (κ3) is 7.73. The molecule has 157 valence electrons. The minimum absolute atomic E-state index is 0.218. The van der Waals surface area contributed by atoms with Gasteiger partial charge in [-0.2, -0.15) is 0 Å². The standard InChI is InChI=1S/C25H40NOS/c1-5-6-7-8-9-13-17-22(25(4)19-14-18-24(2,3)20-25)26-23(28)27-21-15-11-10-12-16-21/h10-12,14-16,22H,5-9,13,17-20H2,1-4H3,(H,26,28). The highest BCUT2D eigenvalue weighted by Crippen LogP contribution is 2.48. The molecular weight excluding hydrogens is 362 g/mol. The molecule has 1 aliphatic rings. The molecule has 0 amide bonds. The largest absolute Gasteiger partial charge is 0.432 e. The molecule has 0 saturated heterocycles. The van der Waals surface area contributed by atoms with Crippen LogP contribution in [-0.2, 0) is 0 Å². The number of unbranched alkanes of at least 4 members (excludes halogenated alkanes) is 5. The monoisotopic (exact) mass is 402 g/mol. The van der Waals surface area contributed by atoms with E-state index in [9.17, 15) is 0 Å². The van der Waals surface area contributed by atoms with Gasteiger partial charge in [0.2, 0.25) is 0 Å². The number of nitrogens with one attached hydrogen (secondary N) is 1. The minimum atomic E-state index is 0.218. The van der Waals surface area contributed by atoms with E-state index in [-0.39, 0.29) is 5.41 Å². The first-order valence-corrected chi connectivity index (χ1v) is 11.6. The number of benzene rings is 1. The number of rotatable bonds is 10. The number of hydrogen-bond donors (Lipinski definition) is 1. The first-order chi connectivity index (χ1) is 13.3. The van der Waals surface area contributed by atoms with Crippen molar-refractivity contribution in [3.63, 3.8) is 0 Å². The molecule has 2 atom stereocenters. The van der Waals surface area contributed by atoms with Crippen LogP contribution in [0.25, 0.3) is 0 Å². The molecule has 0 spiro atoms. The summed E-state index contributed by atoms with van der Waals surface area (Å²) in [5.74, 6) is 0.805. The molecular formula is C25H40NOS. The van der Waals surface area contributed by atoms with Gasteiger partial charge in [0.25, 0.3) is 5.17 Å². The van der Waals surface area contributed by atoms with E-state index in [0.717, 1.165) is 18.6 Å². The zero-order chi connectivity index (χ0) is 20.5. The first-order valence-electron chi connectivity index (χ1n) is 11.2. The van der Waals surface area contributed by atoms with Gasteiger partial charge < -0.3 is 10.1 Å². The predicted molar refractivity (Wildman–Crippen MR) is 125 cm³/mol. The molecule has 1 aromatic rings. The average Bonchev–Trinajstić information content (AvgIpc) is 2.63. The molecule has 1 saturated carbocycles. The van der Waals surface area contributed by atoms with Gasteiger partial charge >= 0.3 is 0 Å². The van der Waals surface area contributed by atoms with Crippen LogP contribution in [0, 0.1) is 17.3 Å². The summed E-state index contributed by atoms with van der Waals surface area (Å²) in [7, 11) is 0. The first kappa shape index (κ1) is 23.2. The maximum absolute atomic E-state index is 5.90. The highest BCUT2D eigenvalue weighted by atomic mass is 32.1. The molecule has 2 rings (SSSR count). The fraction of sp³-hybridized carbons (Fsp3) is 0.680. The van der Waals surface area contributed by atoms with Crippen LogP contribution in [0.3, 0.4) is 0 Å². The Morgan fingerprint density at radius 1 is 1.04 bits per heavy atom. The maximum Gasteiger partial charge on any atom is 0.262 e. The number of para-hydroxylation sites is 1. The van der Waals surface area contributed by atoms with Crippen molar-refractivity contribution in [3.05, 3.63) is 36.8 Å². The average molecular weight is 403 g/mol. The van der Waals surface area contributed by atoms with Crippen molar-refractivity contribution in [2.75, 3.05) is 0 Å². The van der Waals surface area contributed by atoms with E-state index < -0.39 is 0 Å². The van der Waals surface area contributed by atoms with Crippen LogP contribution in [-0.4, -0.2) is 11.2 Å². The van der Waals surface area contributed by atoms with E-state index in [1.165, 1.54) is 51.4 Å². The lowest BCUT2D eigenvalue weighted by atomic mass is 9.61. The molecule has 0 heterocycles. The van der Waals surface area contributed by atoms with Crippen LogP contribution in [0.4, 0.5) is 0 Å². The Hall–Kier alpha value is -1.09. The van der Waals surface area contributed by atoms with Crippen molar-refractivity contribution in [2.24, 2.45) is 10.8 Å². The highest BCUT2D eigenvalue weighted by molar-refractivity contribution is 7.80. The summed E-state index contributed by atoms with van der Waals surface area (Å²) < 4.78 is 5.90. The molecule has 2 unspecified atom stereocenters. The Morgan fingerprint density at radius 3 is 2.39 bits per heavy atom. The quantitative estimate of drug-likeness (QED) is 0.324. The molecule has 0 aliphatic heterocycles. The van der Waals surface area contributed by atoms with Crippen LogP contribution in [0.15, 0.2) is 30.3 Å². The van der Waals surface area contributed by atoms with Crippen molar-refractivity contribution < 1.29 is 4.74 Å². The van der Waals surface area contributed by atoms with E-state index >= 15 is 0 Å². The molecule has 1 radical (unpaired) electrons. The number of hydrogen-bond acceptors (Lipinski definition) is 2. The lowest BCUT2D eigenvalue weighted by molar-refractivity contribution is 0.0897. The highest BCUT2D eigenvalue weighted by Gasteiger charge is 2.42. The minimum Gasteiger partial charge on any atom is -0.432 e. The molecule has 1 N–H and O–H groups in total. The summed E-state index contributed by atoms with van der Waals surface area (Å²) >= 11 is 5.58. The topological polar surface area (TPSA) is 21.3 Å². The second-order valence-corrected chi connectivity index (χ2v) is 10.0. The smallest absolute Gasteiger partial charge is 0.262 e. The van der Waals surface area contributed by atoms with Gasteiger partial charge in [-0.1, -0.05) is 84.4 Å². The van der Waals surface area contributed by atoms with Crippen molar-refractivity contribution >= 4 is 17.4 Å². The van der Waals surface area contributed by atoms with Gasteiger partial charge in [0.05, 0.1) is 0 Å². The van der Waals surface area contributed by atoms with E-state index in [0.29, 0.717) is 16.6 Å². The van der Waals surface area contributed by atoms with Crippen LogP contribution in [0.2, 0.25) is 0 Å². The molecule has 2 nitrogen and oxygen atoms in total. The van der Waals surface area contributed by atoms with Gasteiger partial charge in [-0.25, -0.2) is 0 Å². The Morgan fingerprint density at radius 2 is 1.71 bits per heavy atom. The Bertz CT molecular complexity index is 585. The Labute approximate surface area is 178 Å². The third-order valence-electron chi connectivity index (χ3n) is 6.12. The van der Waals surface area contributed by atoms with E-state index in [2.05, 4.69) is 39.4 Å². The van der Waals surface area contributed by atoms with Gasteiger partial charge in [0.15, 0.2) is 0 Å². The van der Waals surface area contributed by atoms with Gasteiger partial charge in [-0.15, -0.1) is 0 Å². The van der Waals surface area contributed by atoms with Crippen molar-refractivity contribution in [2.45, 2.75) is 97.9 Å². The van der Waals surface area contributed by atoms with Gasteiger partial charge in [-0.05, 0) is 67.3 Å². The third-order valence-corrected chi connectivity index (χ3v) is 6.32. The summed E-state index contributed by atoms with van der Waals surface area (Å²) in [5.41, 5.74) is 0.575. The van der Waals surface area contributed by atoms with Gasteiger partial charge in [0, 0.05) is 6.04 Å². The van der Waals surface area contributed by atoms with E-state index in [1.54, 1.807) is 0 Å². The number of thiocarbonyl (C=S) groups is 1.